The van der Waals surface area contributed by atoms with Crippen LogP contribution in [0, 0.1) is 10.1 Å². The first-order chi connectivity index (χ1) is 12.0. The van der Waals surface area contributed by atoms with E-state index in [1.165, 1.54) is 54.8 Å². The summed E-state index contributed by atoms with van der Waals surface area (Å²) in [6, 6.07) is 8.42. The highest BCUT2D eigenvalue weighted by atomic mass is 16.6. The van der Waals surface area contributed by atoms with E-state index in [1.54, 1.807) is 0 Å². The van der Waals surface area contributed by atoms with Crippen LogP contribution in [0.25, 0.3) is 6.08 Å². The van der Waals surface area contributed by atoms with Crippen molar-refractivity contribution in [2.75, 3.05) is 6.61 Å². The molecule has 0 aliphatic rings. The number of nitrogens with one attached hydrogen (secondary N) is 1. The van der Waals surface area contributed by atoms with Gasteiger partial charge in [-0.3, -0.25) is 14.9 Å². The summed E-state index contributed by atoms with van der Waals surface area (Å²) in [5.74, 6) is -1.39. The minimum atomic E-state index is -0.779. The number of non-ortho nitro benzene ring substituents is 1. The number of furan rings is 1. The maximum Gasteiger partial charge on any atom is 0.355 e. The molecule has 0 radical (unpaired) electrons. The molecule has 2 rings (SSSR count). The van der Waals surface area contributed by atoms with Crippen LogP contribution in [0.4, 0.5) is 5.69 Å². The fraction of sp³-hybridized carbons (Fsp3) is 0.0588. The number of carbonyl (C=O) groups excluding carboxylic acids is 2. The molecule has 25 heavy (non-hydrogen) atoms. The number of carbonyl (C=O) groups is 2. The molecule has 0 fully saturated rings. The Morgan fingerprint density at radius 2 is 2.00 bits per heavy atom. The summed E-state index contributed by atoms with van der Waals surface area (Å²) in [5, 5.41) is 13.1. The van der Waals surface area contributed by atoms with Gasteiger partial charge in [0.05, 0.1) is 11.2 Å². The molecule has 1 amide bonds. The van der Waals surface area contributed by atoms with Crippen molar-refractivity contribution in [3.63, 3.8) is 0 Å². The summed E-state index contributed by atoms with van der Waals surface area (Å²) in [6.45, 7) is 3.41. The minimum absolute atomic E-state index is 0.0196. The molecule has 1 heterocycles. The lowest BCUT2D eigenvalue weighted by atomic mass is 10.1. The third-order valence-corrected chi connectivity index (χ3v) is 2.96. The summed E-state index contributed by atoms with van der Waals surface area (Å²) < 4.78 is 9.89. The molecule has 1 aromatic heterocycles. The number of nitro benzene ring substituents is 1. The molecular formula is C17H14N2O6. The maximum atomic E-state index is 12.1. The van der Waals surface area contributed by atoms with Gasteiger partial charge in [-0.1, -0.05) is 12.7 Å². The number of ether oxygens (including phenoxy) is 1. The summed E-state index contributed by atoms with van der Waals surface area (Å²) >= 11 is 0. The van der Waals surface area contributed by atoms with Crippen LogP contribution < -0.4 is 5.32 Å². The number of esters is 1. The molecule has 0 aliphatic carbocycles. The lowest BCUT2D eigenvalue weighted by Gasteiger charge is -2.08. The van der Waals surface area contributed by atoms with Crippen LogP contribution in [0.5, 0.6) is 0 Å². The molecule has 0 unspecified atom stereocenters. The van der Waals surface area contributed by atoms with Crippen molar-refractivity contribution >= 4 is 23.6 Å². The molecule has 0 atom stereocenters. The highest BCUT2D eigenvalue weighted by Crippen LogP contribution is 2.14. The van der Waals surface area contributed by atoms with Gasteiger partial charge in [-0.2, -0.15) is 0 Å². The average Bonchev–Trinajstić information content (AvgIpc) is 3.14. The van der Waals surface area contributed by atoms with E-state index < -0.39 is 16.8 Å². The van der Waals surface area contributed by atoms with Gasteiger partial charge in [0, 0.05) is 12.1 Å². The van der Waals surface area contributed by atoms with Crippen LogP contribution in [0.15, 0.2) is 65.4 Å². The van der Waals surface area contributed by atoms with Gasteiger partial charge in [0.25, 0.3) is 11.6 Å². The van der Waals surface area contributed by atoms with Gasteiger partial charge in [-0.05, 0) is 35.9 Å². The largest absolute Gasteiger partial charge is 0.459 e. The molecule has 0 bridgehead atoms. The second-order valence-corrected chi connectivity index (χ2v) is 4.73. The van der Waals surface area contributed by atoms with Gasteiger partial charge in [0.15, 0.2) is 5.76 Å². The van der Waals surface area contributed by atoms with E-state index in [-0.39, 0.29) is 23.8 Å². The Hall–Kier alpha value is -3.68. The average molecular weight is 342 g/mol. The van der Waals surface area contributed by atoms with Gasteiger partial charge in [0.2, 0.25) is 0 Å². The van der Waals surface area contributed by atoms with Crippen LogP contribution in [0.2, 0.25) is 0 Å². The van der Waals surface area contributed by atoms with Crippen molar-refractivity contribution in [3.8, 4) is 0 Å². The fourth-order valence-corrected chi connectivity index (χ4v) is 1.81. The van der Waals surface area contributed by atoms with Crippen LogP contribution in [-0.4, -0.2) is 23.4 Å². The Morgan fingerprint density at radius 3 is 2.56 bits per heavy atom. The Balaban J connectivity index is 2.26. The molecule has 0 saturated carbocycles. The van der Waals surface area contributed by atoms with Crippen LogP contribution in [-0.2, 0) is 9.53 Å². The quantitative estimate of drug-likeness (QED) is 0.272. The van der Waals surface area contributed by atoms with Crippen molar-refractivity contribution in [1.29, 1.82) is 0 Å². The zero-order valence-corrected chi connectivity index (χ0v) is 13.0. The zero-order valence-electron chi connectivity index (χ0n) is 13.0. The summed E-state index contributed by atoms with van der Waals surface area (Å²) in [4.78, 5) is 34.3. The number of nitrogens with zero attached hydrogens (tertiary/aromatic N) is 1. The van der Waals surface area contributed by atoms with E-state index in [0.717, 1.165) is 0 Å². The molecule has 1 N–H and O–H groups in total. The molecule has 8 heteroatoms. The number of benzene rings is 1. The van der Waals surface area contributed by atoms with Crippen molar-refractivity contribution < 1.29 is 23.7 Å². The Kier molecular flexibility index (Phi) is 5.83. The smallest absolute Gasteiger partial charge is 0.355 e. The Labute approximate surface area is 142 Å². The van der Waals surface area contributed by atoms with E-state index in [9.17, 15) is 19.7 Å². The Bertz CT molecular complexity index is 806. The number of hydrogen-bond acceptors (Lipinski definition) is 6. The highest BCUT2D eigenvalue weighted by molar-refractivity contribution is 6.02. The van der Waals surface area contributed by atoms with Crippen molar-refractivity contribution in [2.45, 2.75) is 0 Å². The molecule has 0 aliphatic heterocycles. The minimum Gasteiger partial charge on any atom is -0.459 e. The first-order valence-corrected chi connectivity index (χ1v) is 7.10. The lowest BCUT2D eigenvalue weighted by Crippen LogP contribution is -2.28. The molecule has 1 aromatic carbocycles. The summed E-state index contributed by atoms with van der Waals surface area (Å²) in [5.41, 5.74) is 0.237. The van der Waals surface area contributed by atoms with Gasteiger partial charge < -0.3 is 14.5 Å². The second-order valence-electron chi connectivity index (χ2n) is 4.73. The van der Waals surface area contributed by atoms with E-state index in [0.29, 0.717) is 5.56 Å². The molecule has 0 spiro atoms. The molecule has 2 aromatic rings. The summed E-state index contributed by atoms with van der Waals surface area (Å²) in [6.07, 6.45) is 4.05. The normalized spacial score (nSPS) is 10.8. The first kappa shape index (κ1) is 17.7. The highest BCUT2D eigenvalue weighted by Gasteiger charge is 2.17. The van der Waals surface area contributed by atoms with E-state index in [1.807, 2.05) is 0 Å². The van der Waals surface area contributed by atoms with Gasteiger partial charge in [-0.25, -0.2) is 4.79 Å². The van der Waals surface area contributed by atoms with Crippen molar-refractivity contribution in [3.05, 3.63) is 82.5 Å². The third-order valence-electron chi connectivity index (χ3n) is 2.96. The van der Waals surface area contributed by atoms with Crippen molar-refractivity contribution in [1.82, 2.24) is 5.32 Å². The number of nitro groups is 1. The number of hydrogen-bond donors (Lipinski definition) is 1. The zero-order chi connectivity index (χ0) is 18.2. The fourth-order valence-electron chi connectivity index (χ4n) is 1.81. The van der Waals surface area contributed by atoms with E-state index in [4.69, 9.17) is 9.15 Å². The SMILES string of the molecule is C=CCOC(=O)/C(=C/c1ccc([N+](=O)[O-])cc1)NC(=O)c1ccco1. The number of rotatable bonds is 7. The van der Waals surface area contributed by atoms with Crippen LogP contribution in [0.1, 0.15) is 16.1 Å². The van der Waals surface area contributed by atoms with E-state index in [2.05, 4.69) is 11.9 Å². The van der Waals surface area contributed by atoms with E-state index >= 15 is 0 Å². The maximum absolute atomic E-state index is 12.1. The molecule has 128 valence electrons. The van der Waals surface area contributed by atoms with Gasteiger partial charge >= 0.3 is 5.97 Å². The van der Waals surface area contributed by atoms with Crippen molar-refractivity contribution in [2.24, 2.45) is 0 Å². The summed E-state index contributed by atoms with van der Waals surface area (Å²) in [7, 11) is 0. The first-order valence-electron chi connectivity index (χ1n) is 7.10. The van der Waals surface area contributed by atoms with Crippen LogP contribution >= 0.6 is 0 Å². The molecule has 0 saturated heterocycles. The molecular weight excluding hydrogens is 328 g/mol. The van der Waals surface area contributed by atoms with Gasteiger partial charge in [-0.15, -0.1) is 0 Å². The monoisotopic (exact) mass is 342 g/mol. The predicted octanol–water partition coefficient (Wildman–Crippen LogP) is 2.69. The standard InChI is InChI=1S/C17H14N2O6/c1-2-9-25-17(21)14(18-16(20)15-4-3-10-24-15)11-12-5-7-13(8-6-12)19(22)23/h2-8,10-11H,1,9H2,(H,18,20)/b14-11-. The Morgan fingerprint density at radius 1 is 1.28 bits per heavy atom. The topological polar surface area (TPSA) is 112 Å². The second kappa shape index (κ2) is 8.25. The lowest BCUT2D eigenvalue weighted by molar-refractivity contribution is -0.384. The van der Waals surface area contributed by atoms with Gasteiger partial charge in [0.1, 0.15) is 12.3 Å². The number of amides is 1. The predicted molar refractivity (Wildman–Crippen MR) is 88.4 cm³/mol. The molecule has 8 nitrogen and oxygen atoms in total. The third kappa shape index (κ3) is 4.90. The van der Waals surface area contributed by atoms with Crippen LogP contribution in [0.3, 0.4) is 0 Å².